The molecule has 3 heterocycles. The first-order valence-electron chi connectivity index (χ1n) is 17.6. The molecule has 0 bridgehead atoms. The highest BCUT2D eigenvalue weighted by atomic mass is 16.3. The zero-order valence-electron chi connectivity index (χ0n) is 30.3. The topological polar surface area (TPSA) is 75.3 Å². The van der Waals surface area contributed by atoms with Gasteiger partial charge >= 0.3 is 0 Å². The second-order valence-corrected chi connectivity index (χ2v) is 14.5. The summed E-state index contributed by atoms with van der Waals surface area (Å²) in [5.41, 5.74) is 11.9. The highest BCUT2D eigenvalue weighted by Crippen LogP contribution is 2.45. The van der Waals surface area contributed by atoms with Crippen LogP contribution in [0.2, 0.25) is 0 Å². The third kappa shape index (κ3) is 5.86. The number of para-hydroxylation sites is 1. The minimum absolute atomic E-state index is 0.180. The molecular formula is C46H40N4O2. The van der Waals surface area contributed by atoms with Gasteiger partial charge in [-0.1, -0.05) is 99.1 Å². The number of aryl methyl sites for hydroxylation is 3. The molecule has 0 aliphatic heterocycles. The van der Waals surface area contributed by atoms with Gasteiger partial charge in [0.2, 0.25) is 0 Å². The van der Waals surface area contributed by atoms with E-state index in [1.165, 1.54) is 5.56 Å². The Bertz CT molecular complexity index is 2580. The van der Waals surface area contributed by atoms with Crippen LogP contribution < -0.4 is 4.90 Å². The fraction of sp³-hybridized carbons (Fsp3) is 0.152. The Hall–Kier alpha value is -6.27. The molecule has 0 saturated carbocycles. The standard InChI is InChI=1S/C46H40N4O2/c1-28-23-29(2)42(30(3)24-28)50(39-21-12-13-22-47-39)34-18-14-17-32(25-34)45-48-40-35-19-10-11-20-38(35)52-44(40)41(49-45)36-26-33(31-15-8-7-9-16-31)27-37(43(36)51)46(4,5)6/h7-27,51H,1-6H3. The fourth-order valence-electron chi connectivity index (χ4n) is 7.26. The minimum atomic E-state index is -0.345. The molecule has 8 rings (SSSR count). The number of nitrogens with zero attached hydrogens (tertiary/aromatic N) is 4. The Labute approximate surface area is 304 Å². The van der Waals surface area contributed by atoms with E-state index < -0.39 is 0 Å². The van der Waals surface area contributed by atoms with Crippen molar-refractivity contribution in [3.05, 3.63) is 150 Å². The highest BCUT2D eigenvalue weighted by molar-refractivity contribution is 6.07. The molecule has 8 aromatic rings. The van der Waals surface area contributed by atoms with Gasteiger partial charge in [-0.3, -0.25) is 4.90 Å². The maximum atomic E-state index is 12.1. The van der Waals surface area contributed by atoms with Gasteiger partial charge in [0, 0.05) is 34.0 Å². The molecule has 6 nitrogen and oxygen atoms in total. The van der Waals surface area contributed by atoms with Crippen LogP contribution in [0.1, 0.15) is 43.0 Å². The molecule has 5 aromatic carbocycles. The molecular weight excluding hydrogens is 641 g/mol. The molecule has 0 radical (unpaired) electrons. The fourth-order valence-corrected chi connectivity index (χ4v) is 7.26. The van der Waals surface area contributed by atoms with Gasteiger partial charge in [0.15, 0.2) is 11.4 Å². The zero-order chi connectivity index (χ0) is 36.1. The largest absolute Gasteiger partial charge is 0.507 e. The number of pyridine rings is 1. The van der Waals surface area contributed by atoms with Gasteiger partial charge in [-0.05, 0) is 97.0 Å². The molecule has 256 valence electrons. The average Bonchev–Trinajstić information content (AvgIpc) is 3.52. The maximum Gasteiger partial charge on any atom is 0.180 e. The number of hydrogen-bond donors (Lipinski definition) is 1. The highest BCUT2D eigenvalue weighted by Gasteiger charge is 2.27. The van der Waals surface area contributed by atoms with E-state index >= 15 is 0 Å². The summed E-state index contributed by atoms with van der Waals surface area (Å²) in [6.45, 7) is 12.7. The van der Waals surface area contributed by atoms with Gasteiger partial charge in [-0.15, -0.1) is 0 Å². The number of rotatable bonds is 6. The Kier molecular flexibility index (Phi) is 8.10. The number of furan rings is 1. The van der Waals surface area contributed by atoms with Crippen LogP contribution in [0.5, 0.6) is 5.75 Å². The van der Waals surface area contributed by atoms with Crippen molar-refractivity contribution in [1.29, 1.82) is 0 Å². The van der Waals surface area contributed by atoms with Gasteiger partial charge in [-0.2, -0.15) is 0 Å². The number of aromatic nitrogens is 3. The lowest BCUT2D eigenvalue weighted by molar-refractivity contribution is 0.448. The van der Waals surface area contributed by atoms with Crippen LogP contribution in [-0.2, 0) is 5.41 Å². The summed E-state index contributed by atoms with van der Waals surface area (Å²) in [5.74, 6) is 1.51. The lowest BCUT2D eigenvalue weighted by Gasteiger charge is -2.28. The molecule has 0 spiro atoms. The van der Waals surface area contributed by atoms with E-state index in [2.05, 4.69) is 88.9 Å². The van der Waals surface area contributed by atoms with Crippen LogP contribution in [0.3, 0.4) is 0 Å². The molecule has 0 aliphatic carbocycles. The quantitative estimate of drug-likeness (QED) is 0.188. The maximum absolute atomic E-state index is 12.1. The lowest BCUT2D eigenvalue weighted by Crippen LogP contribution is -2.14. The van der Waals surface area contributed by atoms with E-state index in [-0.39, 0.29) is 11.2 Å². The van der Waals surface area contributed by atoms with Crippen LogP contribution in [0.25, 0.3) is 55.8 Å². The molecule has 0 fully saturated rings. The monoisotopic (exact) mass is 680 g/mol. The molecule has 0 saturated heterocycles. The van der Waals surface area contributed by atoms with E-state index in [1.807, 2.05) is 85.1 Å². The first-order valence-corrected chi connectivity index (χ1v) is 17.6. The van der Waals surface area contributed by atoms with E-state index in [0.717, 1.165) is 56.0 Å². The molecule has 1 N–H and O–H groups in total. The third-order valence-corrected chi connectivity index (χ3v) is 9.60. The second kappa shape index (κ2) is 12.8. The van der Waals surface area contributed by atoms with E-state index in [4.69, 9.17) is 19.4 Å². The van der Waals surface area contributed by atoms with Crippen molar-refractivity contribution < 1.29 is 9.52 Å². The van der Waals surface area contributed by atoms with E-state index in [0.29, 0.717) is 33.8 Å². The van der Waals surface area contributed by atoms with Crippen molar-refractivity contribution >= 4 is 39.3 Å². The Morgan fingerprint density at radius 3 is 2.12 bits per heavy atom. The Morgan fingerprint density at radius 1 is 0.673 bits per heavy atom. The molecule has 6 heteroatoms. The minimum Gasteiger partial charge on any atom is -0.507 e. The predicted molar refractivity (Wildman–Crippen MR) is 213 cm³/mol. The number of benzene rings is 5. The SMILES string of the molecule is Cc1cc(C)c(N(c2cccc(-c3nc(-c4cc(-c5ccccc5)cc(C(C)(C)C)c4O)c4oc5ccccc5c4n3)c2)c2ccccn2)c(C)c1. The van der Waals surface area contributed by atoms with Gasteiger partial charge in [0.1, 0.15) is 28.4 Å². The average molecular weight is 681 g/mol. The number of hydrogen-bond acceptors (Lipinski definition) is 6. The van der Waals surface area contributed by atoms with Crippen LogP contribution in [0, 0.1) is 20.8 Å². The van der Waals surface area contributed by atoms with Crippen molar-refractivity contribution in [2.24, 2.45) is 0 Å². The smallest absolute Gasteiger partial charge is 0.180 e. The zero-order valence-corrected chi connectivity index (χ0v) is 30.3. The molecule has 52 heavy (non-hydrogen) atoms. The molecule has 0 unspecified atom stereocenters. The number of phenolic OH excluding ortho intramolecular Hbond substituents is 1. The number of anilines is 3. The summed E-state index contributed by atoms with van der Waals surface area (Å²) in [6.07, 6.45) is 1.82. The second-order valence-electron chi connectivity index (χ2n) is 14.5. The van der Waals surface area contributed by atoms with Crippen LogP contribution in [-0.4, -0.2) is 20.1 Å². The van der Waals surface area contributed by atoms with Crippen molar-refractivity contribution in [2.75, 3.05) is 4.90 Å². The van der Waals surface area contributed by atoms with Gasteiger partial charge in [0.05, 0.1) is 5.69 Å². The molecule has 0 atom stereocenters. The lowest BCUT2D eigenvalue weighted by atomic mass is 9.82. The van der Waals surface area contributed by atoms with E-state index in [9.17, 15) is 5.11 Å². The Morgan fingerprint density at radius 2 is 1.38 bits per heavy atom. The van der Waals surface area contributed by atoms with Crippen LogP contribution in [0.15, 0.2) is 132 Å². The predicted octanol–water partition coefficient (Wildman–Crippen LogP) is 12.2. The van der Waals surface area contributed by atoms with Gasteiger partial charge < -0.3 is 9.52 Å². The first-order chi connectivity index (χ1) is 25.1. The summed E-state index contributed by atoms with van der Waals surface area (Å²) in [5, 5.41) is 13.0. The summed E-state index contributed by atoms with van der Waals surface area (Å²) >= 11 is 0. The number of fused-ring (bicyclic) bond motifs is 3. The van der Waals surface area contributed by atoms with Crippen molar-refractivity contribution in [3.63, 3.8) is 0 Å². The van der Waals surface area contributed by atoms with Gasteiger partial charge in [0.25, 0.3) is 0 Å². The summed E-state index contributed by atoms with van der Waals surface area (Å²) in [4.78, 5) is 17.4. The summed E-state index contributed by atoms with van der Waals surface area (Å²) < 4.78 is 6.52. The Balaban J connectivity index is 1.39. The number of aromatic hydroxyl groups is 1. The molecule has 0 aliphatic rings. The summed E-state index contributed by atoms with van der Waals surface area (Å²) in [6, 6.07) is 40.9. The van der Waals surface area contributed by atoms with Crippen molar-refractivity contribution in [3.8, 4) is 39.5 Å². The summed E-state index contributed by atoms with van der Waals surface area (Å²) in [7, 11) is 0. The van der Waals surface area contributed by atoms with E-state index in [1.54, 1.807) is 0 Å². The van der Waals surface area contributed by atoms with Crippen LogP contribution in [0.4, 0.5) is 17.2 Å². The molecule has 3 aromatic heterocycles. The third-order valence-electron chi connectivity index (χ3n) is 9.60. The first kappa shape index (κ1) is 32.9. The normalized spacial score (nSPS) is 11.7. The van der Waals surface area contributed by atoms with Crippen LogP contribution >= 0.6 is 0 Å². The number of phenols is 1. The van der Waals surface area contributed by atoms with Crippen molar-refractivity contribution in [1.82, 2.24) is 15.0 Å². The molecule has 0 amide bonds. The van der Waals surface area contributed by atoms with Gasteiger partial charge in [-0.25, -0.2) is 15.0 Å². The van der Waals surface area contributed by atoms with Crippen molar-refractivity contribution in [2.45, 2.75) is 47.0 Å².